The summed E-state index contributed by atoms with van der Waals surface area (Å²) in [7, 11) is 0. The van der Waals surface area contributed by atoms with Crippen molar-refractivity contribution in [1.82, 2.24) is 10.2 Å². The molecular weight excluding hydrogens is 365 g/mol. The summed E-state index contributed by atoms with van der Waals surface area (Å²) < 4.78 is 40.4. The number of amides is 1. The lowest BCUT2D eigenvalue weighted by atomic mass is 9.82. The Morgan fingerprint density at radius 2 is 1.77 bits per heavy atom. The molecule has 1 N–H and O–H groups in total. The Morgan fingerprint density at radius 3 is 2.46 bits per heavy atom. The Balaban J connectivity index is 0.00000196. The van der Waals surface area contributed by atoms with Gasteiger partial charge in [0, 0.05) is 25.6 Å². The van der Waals surface area contributed by atoms with Crippen molar-refractivity contribution in [3.8, 4) is 0 Å². The fourth-order valence-electron chi connectivity index (χ4n) is 3.93. The highest BCUT2D eigenvalue weighted by molar-refractivity contribution is 5.99. The van der Waals surface area contributed by atoms with Gasteiger partial charge >= 0.3 is 6.18 Å². The second-order valence-electron chi connectivity index (χ2n) is 6.52. The fraction of sp³-hybridized carbons (Fsp3) is 0.316. The predicted octanol–water partition coefficient (Wildman–Crippen LogP) is 3.84. The average molecular weight is 383 g/mol. The van der Waals surface area contributed by atoms with Gasteiger partial charge in [0.2, 0.25) is 0 Å². The first kappa shape index (κ1) is 18.7. The van der Waals surface area contributed by atoms with Crippen LogP contribution >= 0.6 is 12.4 Å². The van der Waals surface area contributed by atoms with Crippen molar-refractivity contribution in [1.29, 1.82) is 0 Å². The molecule has 2 aromatic carbocycles. The standard InChI is InChI=1S/C19H17F3N2O.ClH/c20-19(21,22)15-8-4-7-13-14-9-23-10-16(14)24(18(25)17(13)15)11-12-5-2-1-3-6-12;/h1-8,14,16,23H,9-11H2;1H/t14-,16+;/m1./s1. The van der Waals surface area contributed by atoms with E-state index in [1.54, 1.807) is 11.0 Å². The van der Waals surface area contributed by atoms with Crippen LogP contribution in [0.25, 0.3) is 0 Å². The zero-order chi connectivity index (χ0) is 17.6. The number of benzene rings is 2. The number of carbonyl (C=O) groups is 1. The third-order valence-corrected chi connectivity index (χ3v) is 5.05. The van der Waals surface area contributed by atoms with Crippen molar-refractivity contribution in [3.63, 3.8) is 0 Å². The summed E-state index contributed by atoms with van der Waals surface area (Å²) in [5.74, 6) is -0.643. The first-order valence-corrected chi connectivity index (χ1v) is 8.22. The smallest absolute Gasteiger partial charge is 0.329 e. The molecule has 0 unspecified atom stereocenters. The second-order valence-corrected chi connectivity index (χ2v) is 6.52. The summed E-state index contributed by atoms with van der Waals surface area (Å²) in [5, 5.41) is 3.22. The zero-order valence-corrected chi connectivity index (χ0v) is 14.6. The Bertz CT molecular complexity index is 810. The van der Waals surface area contributed by atoms with Gasteiger partial charge in [0.25, 0.3) is 5.91 Å². The molecule has 2 heterocycles. The maximum absolute atomic E-state index is 13.5. The molecule has 26 heavy (non-hydrogen) atoms. The van der Waals surface area contributed by atoms with Crippen LogP contribution in [0.5, 0.6) is 0 Å². The normalized spacial score (nSPS) is 21.8. The molecule has 0 aromatic heterocycles. The van der Waals surface area contributed by atoms with Crippen LogP contribution in [0.4, 0.5) is 13.2 Å². The van der Waals surface area contributed by atoms with Crippen molar-refractivity contribution in [3.05, 3.63) is 70.8 Å². The molecule has 2 aromatic rings. The molecule has 138 valence electrons. The number of alkyl halides is 3. The van der Waals surface area contributed by atoms with Gasteiger partial charge in [-0.3, -0.25) is 4.79 Å². The van der Waals surface area contributed by atoms with Crippen LogP contribution in [-0.2, 0) is 12.7 Å². The number of hydrogen-bond donors (Lipinski definition) is 1. The number of rotatable bonds is 2. The van der Waals surface area contributed by atoms with E-state index in [4.69, 9.17) is 0 Å². The van der Waals surface area contributed by atoms with Crippen LogP contribution in [0.2, 0.25) is 0 Å². The van der Waals surface area contributed by atoms with Crippen LogP contribution in [0, 0.1) is 0 Å². The minimum Gasteiger partial charge on any atom is -0.329 e. The molecule has 0 spiro atoms. The molecule has 3 nitrogen and oxygen atoms in total. The van der Waals surface area contributed by atoms with Crippen LogP contribution in [0.15, 0.2) is 48.5 Å². The number of carbonyl (C=O) groups excluding carboxylic acids is 1. The van der Waals surface area contributed by atoms with Crippen LogP contribution in [-0.4, -0.2) is 29.9 Å². The van der Waals surface area contributed by atoms with E-state index in [1.807, 2.05) is 30.3 Å². The van der Waals surface area contributed by atoms with Crippen molar-refractivity contribution < 1.29 is 18.0 Å². The van der Waals surface area contributed by atoms with E-state index >= 15 is 0 Å². The minimum absolute atomic E-state index is 0. The molecule has 2 atom stereocenters. The van der Waals surface area contributed by atoms with Gasteiger partial charge in [-0.15, -0.1) is 12.4 Å². The topological polar surface area (TPSA) is 32.3 Å². The van der Waals surface area contributed by atoms with Gasteiger partial charge in [0.05, 0.1) is 17.2 Å². The van der Waals surface area contributed by atoms with Gasteiger partial charge in [0.1, 0.15) is 0 Å². The lowest BCUT2D eigenvalue weighted by Gasteiger charge is -2.39. The van der Waals surface area contributed by atoms with Crippen LogP contribution in [0.3, 0.4) is 0 Å². The number of hydrogen-bond acceptors (Lipinski definition) is 2. The van der Waals surface area contributed by atoms with Crippen molar-refractivity contribution in [2.24, 2.45) is 0 Å². The molecule has 2 aliphatic heterocycles. The Labute approximate surface area is 155 Å². The third-order valence-electron chi connectivity index (χ3n) is 5.05. The van der Waals surface area contributed by atoms with Crippen molar-refractivity contribution >= 4 is 18.3 Å². The largest absolute Gasteiger partial charge is 0.417 e. The van der Waals surface area contributed by atoms with Gasteiger partial charge in [-0.1, -0.05) is 42.5 Å². The summed E-state index contributed by atoms with van der Waals surface area (Å²) in [6.45, 7) is 1.49. The second kappa shape index (κ2) is 6.93. The summed E-state index contributed by atoms with van der Waals surface area (Å²) in [4.78, 5) is 14.6. The van der Waals surface area contributed by atoms with Gasteiger partial charge in [0.15, 0.2) is 0 Å². The summed E-state index contributed by atoms with van der Waals surface area (Å²) in [5.41, 5.74) is 0.405. The first-order chi connectivity index (χ1) is 12.0. The Kier molecular flexibility index (Phi) is 4.99. The molecule has 1 amide bonds. The Hall–Kier alpha value is -2.05. The molecule has 4 rings (SSSR count). The summed E-state index contributed by atoms with van der Waals surface area (Å²) in [6, 6.07) is 13.3. The van der Waals surface area contributed by atoms with Crippen LogP contribution in [0.1, 0.15) is 33.0 Å². The van der Waals surface area contributed by atoms with E-state index in [2.05, 4.69) is 5.32 Å². The number of nitrogens with one attached hydrogen (secondary N) is 1. The number of nitrogens with zero attached hydrogens (tertiary/aromatic N) is 1. The molecule has 2 aliphatic rings. The van der Waals surface area contributed by atoms with E-state index in [1.165, 1.54) is 6.07 Å². The van der Waals surface area contributed by atoms with Gasteiger partial charge < -0.3 is 10.2 Å². The predicted molar refractivity (Wildman–Crippen MR) is 94.4 cm³/mol. The lowest BCUT2D eigenvalue weighted by molar-refractivity contribution is -0.138. The quantitative estimate of drug-likeness (QED) is 0.856. The monoisotopic (exact) mass is 382 g/mol. The van der Waals surface area contributed by atoms with Crippen molar-refractivity contribution in [2.75, 3.05) is 13.1 Å². The molecule has 1 saturated heterocycles. The fourth-order valence-corrected chi connectivity index (χ4v) is 3.93. The molecule has 0 saturated carbocycles. The number of fused-ring (bicyclic) bond motifs is 3. The Morgan fingerprint density at radius 1 is 1.04 bits per heavy atom. The van der Waals surface area contributed by atoms with E-state index in [0.717, 1.165) is 11.6 Å². The highest BCUT2D eigenvalue weighted by atomic mass is 35.5. The number of halogens is 4. The molecular formula is C19H18ClF3N2O. The average Bonchev–Trinajstić information content (AvgIpc) is 3.08. The lowest BCUT2D eigenvalue weighted by Crippen LogP contribution is -2.48. The highest BCUT2D eigenvalue weighted by Gasteiger charge is 2.46. The summed E-state index contributed by atoms with van der Waals surface area (Å²) >= 11 is 0. The minimum atomic E-state index is -4.54. The van der Waals surface area contributed by atoms with Gasteiger partial charge in [-0.05, 0) is 17.2 Å². The van der Waals surface area contributed by atoms with E-state index in [9.17, 15) is 18.0 Å². The third kappa shape index (κ3) is 3.08. The molecule has 0 aliphatic carbocycles. The van der Waals surface area contributed by atoms with E-state index in [0.29, 0.717) is 25.2 Å². The van der Waals surface area contributed by atoms with Gasteiger partial charge in [-0.25, -0.2) is 0 Å². The summed E-state index contributed by atoms with van der Waals surface area (Å²) in [6.07, 6.45) is -4.54. The molecule has 0 radical (unpaired) electrons. The van der Waals surface area contributed by atoms with E-state index in [-0.39, 0.29) is 29.9 Å². The maximum atomic E-state index is 13.5. The first-order valence-electron chi connectivity index (χ1n) is 8.22. The zero-order valence-electron chi connectivity index (χ0n) is 13.8. The molecule has 7 heteroatoms. The van der Waals surface area contributed by atoms with Crippen LogP contribution < -0.4 is 5.32 Å². The highest BCUT2D eigenvalue weighted by Crippen LogP contribution is 2.42. The molecule has 0 bridgehead atoms. The van der Waals surface area contributed by atoms with Crippen molar-refractivity contribution in [2.45, 2.75) is 24.7 Å². The SMILES string of the molecule is Cl.O=C1c2c(cccc2C(F)(F)F)[C@H]2CNC[C@@H]2N1Cc1ccccc1. The van der Waals surface area contributed by atoms with Gasteiger partial charge in [-0.2, -0.15) is 13.2 Å². The maximum Gasteiger partial charge on any atom is 0.417 e. The van der Waals surface area contributed by atoms with E-state index < -0.39 is 17.6 Å². The molecule has 1 fully saturated rings.